The van der Waals surface area contributed by atoms with Gasteiger partial charge >= 0.3 is 0 Å². The average Bonchev–Trinajstić information content (AvgIpc) is 3.67. The molecule has 6 rings (SSSR count). The molecule has 0 radical (unpaired) electrons. The van der Waals surface area contributed by atoms with Crippen molar-refractivity contribution in [3.63, 3.8) is 0 Å². The zero-order chi connectivity index (χ0) is 25.4. The van der Waals surface area contributed by atoms with Gasteiger partial charge < -0.3 is 10.3 Å². The van der Waals surface area contributed by atoms with Gasteiger partial charge in [-0.3, -0.25) is 4.79 Å². The number of rotatable bonds is 7. The molecule has 11 heteroatoms. The number of hydrogen-bond donors (Lipinski definition) is 2. The zero-order valence-corrected chi connectivity index (χ0v) is 20.7. The van der Waals surface area contributed by atoms with Crippen LogP contribution in [-0.2, 0) is 21.2 Å². The van der Waals surface area contributed by atoms with E-state index in [1.54, 1.807) is 53.6 Å². The quantitative estimate of drug-likeness (QED) is 0.343. The molecule has 1 aliphatic heterocycles. The number of sulfonamides is 1. The second-order valence-electron chi connectivity index (χ2n) is 9.00. The fourth-order valence-electron chi connectivity index (χ4n) is 4.95. The van der Waals surface area contributed by atoms with Crippen LogP contribution in [0.5, 0.6) is 0 Å². The summed E-state index contributed by atoms with van der Waals surface area (Å²) in [6.07, 6.45) is 6.95. The van der Waals surface area contributed by atoms with Crippen LogP contribution in [-0.4, -0.2) is 62.6 Å². The molecular formula is C26H25N7O3S. The maximum Gasteiger partial charge on any atom is 0.243 e. The van der Waals surface area contributed by atoms with E-state index >= 15 is 0 Å². The first kappa shape index (κ1) is 23.3. The maximum absolute atomic E-state index is 13.1. The summed E-state index contributed by atoms with van der Waals surface area (Å²) in [7, 11) is -3.72. The lowest BCUT2D eigenvalue weighted by Gasteiger charge is -2.23. The Balaban J connectivity index is 1.16. The van der Waals surface area contributed by atoms with Gasteiger partial charge in [0, 0.05) is 48.5 Å². The third-order valence-corrected chi connectivity index (χ3v) is 8.65. The van der Waals surface area contributed by atoms with Gasteiger partial charge in [0.25, 0.3) is 0 Å². The van der Waals surface area contributed by atoms with Crippen LogP contribution in [0, 0.1) is 0 Å². The van der Waals surface area contributed by atoms with Crippen LogP contribution in [0.1, 0.15) is 18.5 Å². The largest absolute Gasteiger partial charge is 0.354 e. The Labute approximate surface area is 213 Å². The Hall–Kier alpha value is -4.09. The van der Waals surface area contributed by atoms with E-state index in [2.05, 4.69) is 25.5 Å². The van der Waals surface area contributed by atoms with Crippen LogP contribution in [0.4, 0.5) is 0 Å². The first-order valence-electron chi connectivity index (χ1n) is 12.1. The van der Waals surface area contributed by atoms with Crippen LogP contribution >= 0.6 is 0 Å². The van der Waals surface area contributed by atoms with Crippen molar-refractivity contribution in [3.05, 3.63) is 78.9 Å². The van der Waals surface area contributed by atoms with E-state index in [4.69, 9.17) is 0 Å². The highest BCUT2D eigenvalue weighted by atomic mass is 32.2. The summed E-state index contributed by atoms with van der Waals surface area (Å²) in [5, 5.41) is 12.5. The fourth-order valence-corrected chi connectivity index (χ4v) is 6.62. The summed E-state index contributed by atoms with van der Waals surface area (Å²) in [4.78, 5) is 21.0. The number of nitrogens with zero attached hydrogens (tertiary/aromatic N) is 5. The molecule has 37 heavy (non-hydrogen) atoms. The topological polar surface area (TPSA) is 125 Å². The number of carbonyl (C=O) groups is 1. The molecule has 0 unspecified atom stereocenters. The van der Waals surface area contributed by atoms with Crippen molar-refractivity contribution in [2.24, 2.45) is 0 Å². The third kappa shape index (κ3) is 4.25. The summed E-state index contributed by atoms with van der Waals surface area (Å²) >= 11 is 0. The lowest BCUT2D eigenvalue weighted by Crippen LogP contribution is -2.46. The van der Waals surface area contributed by atoms with Crippen molar-refractivity contribution in [2.45, 2.75) is 30.2 Å². The van der Waals surface area contributed by atoms with Gasteiger partial charge in [0.05, 0.1) is 16.6 Å². The standard InChI is InChI=1S/C26H25N7O3S/c34-26(24-9-5-15-32(24)37(35,36)19-6-2-1-3-7-19)28-13-10-18-16-21-20(11-14-27-25(21)31-18)22-17-30-33-23(22)8-4-12-29-33/h1-4,6-8,11-12,14,16-17,24H,5,9-10,13,15H2,(H,27,31)(H,28,34)/t24-/m0/s1. The van der Waals surface area contributed by atoms with Crippen molar-refractivity contribution in [3.8, 4) is 11.1 Å². The van der Waals surface area contributed by atoms with Crippen LogP contribution in [0.2, 0.25) is 0 Å². The molecule has 5 heterocycles. The molecule has 10 nitrogen and oxygen atoms in total. The Bertz CT molecular complexity index is 1700. The Kier molecular flexibility index (Phi) is 5.93. The summed E-state index contributed by atoms with van der Waals surface area (Å²) in [5.74, 6) is -0.272. The number of benzene rings is 1. The number of aromatic amines is 1. The molecule has 4 aromatic heterocycles. The number of nitrogens with one attached hydrogen (secondary N) is 2. The normalized spacial score (nSPS) is 16.5. The summed E-state index contributed by atoms with van der Waals surface area (Å²) in [6.45, 7) is 0.711. The number of aromatic nitrogens is 5. The number of H-pyrrole nitrogens is 1. The number of pyridine rings is 1. The minimum absolute atomic E-state index is 0.207. The fraction of sp³-hybridized carbons (Fsp3) is 0.231. The van der Waals surface area contributed by atoms with Gasteiger partial charge in [0.2, 0.25) is 15.9 Å². The van der Waals surface area contributed by atoms with Crippen LogP contribution in [0.25, 0.3) is 27.7 Å². The molecule has 2 N–H and O–H groups in total. The van der Waals surface area contributed by atoms with E-state index in [0.29, 0.717) is 32.4 Å². The predicted octanol–water partition coefficient (Wildman–Crippen LogP) is 2.78. The molecule has 0 spiro atoms. The van der Waals surface area contributed by atoms with Gasteiger partial charge in [-0.05, 0) is 54.8 Å². The van der Waals surface area contributed by atoms with Gasteiger partial charge in [-0.1, -0.05) is 18.2 Å². The molecule has 1 amide bonds. The van der Waals surface area contributed by atoms with Gasteiger partial charge in [-0.25, -0.2) is 13.4 Å². The monoisotopic (exact) mass is 515 g/mol. The second kappa shape index (κ2) is 9.41. The second-order valence-corrected chi connectivity index (χ2v) is 10.9. The van der Waals surface area contributed by atoms with Crippen molar-refractivity contribution < 1.29 is 13.2 Å². The predicted molar refractivity (Wildman–Crippen MR) is 138 cm³/mol. The molecular weight excluding hydrogens is 490 g/mol. The summed E-state index contributed by atoms with van der Waals surface area (Å²) in [5.41, 5.74) is 4.52. The number of fused-ring (bicyclic) bond motifs is 2. The van der Waals surface area contributed by atoms with E-state index < -0.39 is 16.1 Å². The number of carbonyl (C=O) groups excluding carboxylic acids is 1. The lowest BCUT2D eigenvalue weighted by molar-refractivity contribution is -0.124. The molecule has 0 saturated carbocycles. The van der Waals surface area contributed by atoms with E-state index in [9.17, 15) is 13.2 Å². The van der Waals surface area contributed by atoms with Crippen molar-refractivity contribution in [1.82, 2.24) is 34.4 Å². The molecule has 1 aliphatic rings. The highest BCUT2D eigenvalue weighted by molar-refractivity contribution is 7.89. The van der Waals surface area contributed by atoms with Crippen molar-refractivity contribution >= 4 is 32.5 Å². The van der Waals surface area contributed by atoms with Gasteiger partial charge in [0.15, 0.2) is 0 Å². The molecule has 1 saturated heterocycles. The molecule has 1 fully saturated rings. The SMILES string of the molecule is O=C(NCCc1cc2c(-c3cnn4ncccc34)ccnc2[nH]1)[C@@H]1CCCN1S(=O)(=O)c1ccccc1. The van der Waals surface area contributed by atoms with Crippen molar-refractivity contribution in [1.29, 1.82) is 0 Å². The minimum Gasteiger partial charge on any atom is -0.354 e. The summed E-state index contributed by atoms with van der Waals surface area (Å²) < 4.78 is 29.1. The van der Waals surface area contributed by atoms with Crippen LogP contribution in [0.3, 0.4) is 0 Å². The Morgan fingerprint density at radius 2 is 1.92 bits per heavy atom. The highest BCUT2D eigenvalue weighted by Crippen LogP contribution is 2.31. The smallest absolute Gasteiger partial charge is 0.243 e. The maximum atomic E-state index is 13.1. The highest BCUT2D eigenvalue weighted by Gasteiger charge is 2.39. The molecule has 5 aromatic rings. The minimum atomic E-state index is -3.72. The van der Waals surface area contributed by atoms with E-state index in [1.165, 1.54) is 4.31 Å². The first-order chi connectivity index (χ1) is 18.0. The molecule has 0 bridgehead atoms. The van der Waals surface area contributed by atoms with Gasteiger partial charge in [-0.15, -0.1) is 0 Å². The zero-order valence-electron chi connectivity index (χ0n) is 19.9. The Morgan fingerprint density at radius 1 is 1.05 bits per heavy atom. The van der Waals surface area contributed by atoms with E-state index in [1.807, 2.05) is 24.3 Å². The summed E-state index contributed by atoms with van der Waals surface area (Å²) in [6, 6.07) is 15.4. The van der Waals surface area contributed by atoms with Gasteiger partial charge in [0.1, 0.15) is 11.7 Å². The molecule has 1 aromatic carbocycles. The number of hydrogen-bond acceptors (Lipinski definition) is 6. The first-order valence-corrected chi connectivity index (χ1v) is 13.6. The molecule has 1 atom stereocenters. The molecule has 188 valence electrons. The Morgan fingerprint density at radius 3 is 2.78 bits per heavy atom. The van der Waals surface area contributed by atoms with Crippen LogP contribution < -0.4 is 5.32 Å². The lowest BCUT2D eigenvalue weighted by atomic mass is 10.1. The third-order valence-electron chi connectivity index (χ3n) is 6.73. The van der Waals surface area contributed by atoms with Crippen LogP contribution in [0.15, 0.2) is 78.1 Å². The average molecular weight is 516 g/mol. The van der Waals surface area contributed by atoms with Gasteiger partial charge in [-0.2, -0.15) is 19.1 Å². The molecule has 0 aliphatic carbocycles. The number of amides is 1. The van der Waals surface area contributed by atoms with Crippen molar-refractivity contribution in [2.75, 3.05) is 13.1 Å². The van der Waals surface area contributed by atoms with E-state index in [0.717, 1.165) is 33.4 Å². The van der Waals surface area contributed by atoms with E-state index in [-0.39, 0.29) is 10.8 Å².